The van der Waals surface area contributed by atoms with Crippen LogP contribution in [0.1, 0.15) is 37.1 Å². The SMILES string of the molecule is CN=C(NCC1(NC(C)c2ccccc2)CCOCC1)N(C)Cc1cccn1C. The number of guanidine groups is 1. The fourth-order valence-electron chi connectivity index (χ4n) is 4.03. The molecule has 2 heterocycles. The highest BCUT2D eigenvalue weighted by atomic mass is 16.5. The molecule has 1 atom stereocenters. The quantitative estimate of drug-likeness (QED) is 0.557. The van der Waals surface area contributed by atoms with Crippen LogP contribution in [-0.4, -0.2) is 54.8 Å². The van der Waals surface area contributed by atoms with E-state index in [0.717, 1.165) is 45.1 Å². The fourth-order valence-corrected chi connectivity index (χ4v) is 4.03. The molecule has 29 heavy (non-hydrogen) atoms. The molecule has 1 aromatic heterocycles. The third kappa shape index (κ3) is 5.61. The average molecular weight is 398 g/mol. The van der Waals surface area contributed by atoms with Crippen molar-refractivity contribution in [3.8, 4) is 0 Å². The van der Waals surface area contributed by atoms with E-state index in [9.17, 15) is 0 Å². The van der Waals surface area contributed by atoms with E-state index >= 15 is 0 Å². The maximum atomic E-state index is 5.66. The van der Waals surface area contributed by atoms with Crippen LogP contribution >= 0.6 is 0 Å². The first-order valence-electron chi connectivity index (χ1n) is 10.5. The summed E-state index contributed by atoms with van der Waals surface area (Å²) in [4.78, 5) is 6.68. The monoisotopic (exact) mass is 397 g/mol. The fraction of sp³-hybridized carbons (Fsp3) is 0.522. The molecule has 2 aromatic rings. The molecule has 1 saturated heterocycles. The number of benzene rings is 1. The van der Waals surface area contributed by atoms with Gasteiger partial charge in [0.2, 0.25) is 0 Å². The second-order valence-corrected chi connectivity index (χ2v) is 8.04. The topological polar surface area (TPSA) is 53.8 Å². The van der Waals surface area contributed by atoms with Gasteiger partial charge in [0.15, 0.2) is 5.96 Å². The lowest BCUT2D eigenvalue weighted by Gasteiger charge is -2.41. The normalized spacial score (nSPS) is 17.7. The number of aromatic nitrogens is 1. The lowest BCUT2D eigenvalue weighted by molar-refractivity contribution is 0.0353. The molecule has 6 heteroatoms. The molecule has 0 radical (unpaired) electrons. The summed E-state index contributed by atoms with van der Waals surface area (Å²) in [7, 11) is 6.00. The van der Waals surface area contributed by atoms with Crippen LogP contribution in [0.25, 0.3) is 0 Å². The Morgan fingerprint density at radius 1 is 1.21 bits per heavy atom. The first-order valence-corrected chi connectivity index (χ1v) is 10.5. The summed E-state index contributed by atoms with van der Waals surface area (Å²) in [5, 5.41) is 7.52. The Morgan fingerprint density at radius 2 is 1.93 bits per heavy atom. The number of nitrogens with zero attached hydrogens (tertiary/aromatic N) is 3. The maximum absolute atomic E-state index is 5.66. The summed E-state index contributed by atoms with van der Waals surface area (Å²) in [6, 6.07) is 15.1. The molecule has 0 saturated carbocycles. The van der Waals surface area contributed by atoms with Crippen molar-refractivity contribution in [2.24, 2.45) is 12.0 Å². The van der Waals surface area contributed by atoms with E-state index in [1.54, 1.807) is 0 Å². The van der Waals surface area contributed by atoms with Crippen molar-refractivity contribution in [3.63, 3.8) is 0 Å². The molecule has 6 nitrogen and oxygen atoms in total. The van der Waals surface area contributed by atoms with Gasteiger partial charge in [-0.25, -0.2) is 0 Å². The summed E-state index contributed by atoms with van der Waals surface area (Å²) in [6.45, 7) is 5.44. The van der Waals surface area contributed by atoms with E-state index in [0.29, 0.717) is 0 Å². The Labute approximate surface area is 175 Å². The van der Waals surface area contributed by atoms with Gasteiger partial charge in [0.1, 0.15) is 0 Å². The molecule has 0 amide bonds. The lowest BCUT2D eigenvalue weighted by Crippen LogP contribution is -2.58. The summed E-state index contributed by atoms with van der Waals surface area (Å²) in [5.41, 5.74) is 2.55. The van der Waals surface area contributed by atoms with Crippen LogP contribution in [0.5, 0.6) is 0 Å². The average Bonchev–Trinajstić information content (AvgIpc) is 3.14. The van der Waals surface area contributed by atoms with Gasteiger partial charge in [-0.1, -0.05) is 30.3 Å². The molecule has 1 fully saturated rings. The second kappa shape index (κ2) is 9.94. The number of nitrogens with one attached hydrogen (secondary N) is 2. The van der Waals surface area contributed by atoms with Crippen LogP contribution in [0.2, 0.25) is 0 Å². The van der Waals surface area contributed by atoms with E-state index in [4.69, 9.17) is 4.74 Å². The molecule has 158 valence electrons. The number of rotatable bonds is 7. The van der Waals surface area contributed by atoms with E-state index in [2.05, 4.69) is 94.8 Å². The smallest absolute Gasteiger partial charge is 0.193 e. The Morgan fingerprint density at radius 3 is 2.55 bits per heavy atom. The van der Waals surface area contributed by atoms with Crippen molar-refractivity contribution in [1.82, 2.24) is 20.1 Å². The molecular weight excluding hydrogens is 362 g/mol. The minimum Gasteiger partial charge on any atom is -0.381 e. The zero-order chi connectivity index (χ0) is 20.7. The first-order chi connectivity index (χ1) is 14.0. The van der Waals surface area contributed by atoms with Crippen LogP contribution < -0.4 is 10.6 Å². The Bertz CT molecular complexity index is 780. The highest BCUT2D eigenvalue weighted by Crippen LogP contribution is 2.25. The molecule has 2 N–H and O–H groups in total. The minimum atomic E-state index is -0.0186. The number of ether oxygens (including phenoxy) is 1. The molecule has 0 spiro atoms. The Kier molecular flexibility index (Phi) is 7.34. The minimum absolute atomic E-state index is 0.0186. The van der Waals surface area contributed by atoms with Crippen LogP contribution in [0.4, 0.5) is 0 Å². The van der Waals surface area contributed by atoms with Crippen molar-refractivity contribution < 1.29 is 4.74 Å². The van der Waals surface area contributed by atoms with E-state index in [1.807, 2.05) is 7.05 Å². The van der Waals surface area contributed by atoms with Gasteiger partial charge in [0.05, 0.1) is 6.54 Å². The zero-order valence-electron chi connectivity index (χ0n) is 18.2. The lowest BCUT2D eigenvalue weighted by atomic mass is 9.88. The summed E-state index contributed by atoms with van der Waals surface area (Å²) < 4.78 is 7.81. The van der Waals surface area contributed by atoms with Crippen molar-refractivity contribution in [3.05, 3.63) is 59.9 Å². The van der Waals surface area contributed by atoms with E-state index < -0.39 is 0 Å². The third-order valence-electron chi connectivity index (χ3n) is 5.88. The van der Waals surface area contributed by atoms with Crippen molar-refractivity contribution >= 4 is 5.96 Å². The summed E-state index contributed by atoms with van der Waals surface area (Å²) >= 11 is 0. The highest BCUT2D eigenvalue weighted by molar-refractivity contribution is 5.79. The summed E-state index contributed by atoms with van der Waals surface area (Å²) in [5.74, 6) is 0.909. The number of hydrogen-bond acceptors (Lipinski definition) is 3. The molecule has 3 rings (SSSR count). The molecule has 1 aromatic carbocycles. The van der Waals surface area contributed by atoms with Gasteiger partial charge in [-0.3, -0.25) is 4.99 Å². The van der Waals surface area contributed by atoms with Gasteiger partial charge in [0, 0.05) is 64.4 Å². The van der Waals surface area contributed by atoms with Crippen molar-refractivity contribution in [2.75, 3.05) is 33.9 Å². The van der Waals surface area contributed by atoms with Crippen LogP contribution in [0.15, 0.2) is 53.7 Å². The van der Waals surface area contributed by atoms with Crippen molar-refractivity contribution in [1.29, 1.82) is 0 Å². The second-order valence-electron chi connectivity index (χ2n) is 8.04. The van der Waals surface area contributed by atoms with Crippen molar-refractivity contribution in [2.45, 2.75) is 37.9 Å². The van der Waals surface area contributed by atoms with Gasteiger partial charge >= 0.3 is 0 Å². The maximum Gasteiger partial charge on any atom is 0.193 e. The largest absolute Gasteiger partial charge is 0.381 e. The standard InChI is InChI=1S/C23H35N5O/c1-19(20-9-6-5-7-10-20)26-23(12-15-29-16-13-23)18-25-22(24-2)28(4)17-21-11-8-14-27(21)3/h5-11,14,19,26H,12-13,15-18H2,1-4H3,(H,24,25). The predicted octanol–water partition coefficient (Wildman–Crippen LogP) is 2.93. The number of aryl methyl sites for hydroxylation is 1. The van der Waals surface area contributed by atoms with Crippen LogP contribution in [0.3, 0.4) is 0 Å². The highest BCUT2D eigenvalue weighted by Gasteiger charge is 2.34. The van der Waals surface area contributed by atoms with Crippen LogP contribution in [0, 0.1) is 0 Å². The Hall–Kier alpha value is -2.31. The van der Waals surface area contributed by atoms with E-state index in [-0.39, 0.29) is 11.6 Å². The molecule has 1 unspecified atom stereocenters. The molecule has 0 bridgehead atoms. The summed E-state index contributed by atoms with van der Waals surface area (Å²) in [6.07, 6.45) is 4.04. The molecule has 0 aliphatic carbocycles. The molecule has 1 aliphatic heterocycles. The zero-order valence-corrected chi connectivity index (χ0v) is 18.2. The Balaban J connectivity index is 1.65. The number of aliphatic imine (C=N–C) groups is 1. The predicted molar refractivity (Wildman–Crippen MR) is 119 cm³/mol. The number of hydrogen-bond donors (Lipinski definition) is 2. The van der Waals surface area contributed by atoms with Crippen LogP contribution in [-0.2, 0) is 18.3 Å². The van der Waals surface area contributed by atoms with Gasteiger partial charge < -0.3 is 24.8 Å². The molecular formula is C23H35N5O. The molecule has 1 aliphatic rings. The van der Waals surface area contributed by atoms with Gasteiger partial charge in [-0.2, -0.15) is 0 Å². The van der Waals surface area contributed by atoms with Gasteiger partial charge in [-0.15, -0.1) is 0 Å². The van der Waals surface area contributed by atoms with Gasteiger partial charge in [-0.05, 0) is 37.5 Å². The van der Waals surface area contributed by atoms with E-state index in [1.165, 1.54) is 11.3 Å². The van der Waals surface area contributed by atoms with Gasteiger partial charge in [0.25, 0.3) is 0 Å². The first kappa shape index (κ1) is 21.4. The third-order valence-corrected chi connectivity index (χ3v) is 5.88.